The van der Waals surface area contributed by atoms with Crippen molar-refractivity contribution in [3.8, 4) is 5.75 Å². The third-order valence-electron chi connectivity index (χ3n) is 3.31. The standard InChI is InChI=1S/C17H18ClN3O4/c1-2-25-14-6-3-12(4-7-14)17(22)20-10-9-19-15-8-5-13(18)11-16(15)21(23)24/h3-8,11,19H,2,9-10H2,1H3,(H,20,22). The number of amides is 1. The second-order valence-electron chi connectivity index (χ2n) is 5.06. The molecule has 7 nitrogen and oxygen atoms in total. The van der Waals surface area contributed by atoms with Gasteiger partial charge < -0.3 is 15.4 Å². The van der Waals surface area contributed by atoms with Gasteiger partial charge in [-0.2, -0.15) is 0 Å². The van der Waals surface area contributed by atoms with Crippen molar-refractivity contribution in [2.75, 3.05) is 25.0 Å². The number of nitro groups is 1. The number of anilines is 1. The van der Waals surface area contributed by atoms with Gasteiger partial charge in [-0.25, -0.2) is 0 Å². The number of nitro benzene ring substituents is 1. The summed E-state index contributed by atoms with van der Waals surface area (Å²) in [6.07, 6.45) is 0. The van der Waals surface area contributed by atoms with Crippen LogP contribution in [0.15, 0.2) is 42.5 Å². The van der Waals surface area contributed by atoms with E-state index < -0.39 is 4.92 Å². The molecular weight excluding hydrogens is 346 g/mol. The topological polar surface area (TPSA) is 93.5 Å². The molecule has 0 aliphatic rings. The van der Waals surface area contributed by atoms with E-state index in [1.54, 1.807) is 30.3 Å². The van der Waals surface area contributed by atoms with E-state index in [2.05, 4.69) is 10.6 Å². The summed E-state index contributed by atoms with van der Waals surface area (Å²) >= 11 is 5.76. The average molecular weight is 364 g/mol. The fraction of sp³-hybridized carbons (Fsp3) is 0.235. The molecule has 0 aliphatic heterocycles. The number of hydrogen-bond acceptors (Lipinski definition) is 5. The summed E-state index contributed by atoms with van der Waals surface area (Å²) in [5, 5.41) is 17.0. The Bertz CT molecular complexity index is 750. The number of carbonyl (C=O) groups is 1. The molecule has 0 saturated heterocycles. The minimum Gasteiger partial charge on any atom is -0.494 e. The van der Waals surface area contributed by atoms with E-state index in [-0.39, 0.29) is 11.6 Å². The second kappa shape index (κ2) is 8.89. The third-order valence-corrected chi connectivity index (χ3v) is 3.55. The molecule has 25 heavy (non-hydrogen) atoms. The Morgan fingerprint density at radius 3 is 2.56 bits per heavy atom. The van der Waals surface area contributed by atoms with Crippen molar-refractivity contribution in [1.29, 1.82) is 0 Å². The van der Waals surface area contributed by atoms with Crippen LogP contribution < -0.4 is 15.4 Å². The number of halogens is 1. The van der Waals surface area contributed by atoms with Crippen LogP contribution in [0.3, 0.4) is 0 Å². The molecule has 8 heteroatoms. The van der Waals surface area contributed by atoms with Crippen molar-refractivity contribution in [3.05, 3.63) is 63.2 Å². The number of ether oxygens (including phenoxy) is 1. The Labute approximate surface area is 150 Å². The largest absolute Gasteiger partial charge is 0.494 e. The normalized spacial score (nSPS) is 10.2. The SMILES string of the molecule is CCOc1ccc(C(=O)NCCNc2ccc(Cl)cc2[N+](=O)[O-])cc1. The third kappa shape index (κ3) is 5.36. The van der Waals surface area contributed by atoms with Crippen molar-refractivity contribution >= 4 is 28.9 Å². The zero-order chi connectivity index (χ0) is 18.2. The predicted octanol–water partition coefficient (Wildman–Crippen LogP) is 3.49. The van der Waals surface area contributed by atoms with Gasteiger partial charge in [-0.3, -0.25) is 14.9 Å². The van der Waals surface area contributed by atoms with Crippen LogP contribution >= 0.6 is 11.6 Å². The van der Waals surface area contributed by atoms with E-state index in [1.807, 2.05) is 6.92 Å². The lowest BCUT2D eigenvalue weighted by atomic mass is 10.2. The lowest BCUT2D eigenvalue weighted by Gasteiger charge is -2.09. The Balaban J connectivity index is 1.85. The maximum atomic E-state index is 12.0. The van der Waals surface area contributed by atoms with Gasteiger partial charge in [0, 0.05) is 29.7 Å². The number of hydrogen-bond donors (Lipinski definition) is 2. The molecular formula is C17H18ClN3O4. The quantitative estimate of drug-likeness (QED) is 0.425. The molecule has 0 fully saturated rings. The summed E-state index contributed by atoms with van der Waals surface area (Å²) < 4.78 is 5.32. The molecule has 0 atom stereocenters. The average Bonchev–Trinajstić information content (AvgIpc) is 2.60. The van der Waals surface area contributed by atoms with Gasteiger partial charge in [0.25, 0.3) is 11.6 Å². The lowest BCUT2D eigenvalue weighted by Crippen LogP contribution is -2.28. The highest BCUT2D eigenvalue weighted by Crippen LogP contribution is 2.27. The number of rotatable bonds is 8. The molecule has 0 heterocycles. The van der Waals surface area contributed by atoms with Crippen molar-refractivity contribution in [2.45, 2.75) is 6.92 Å². The van der Waals surface area contributed by atoms with Gasteiger partial charge in [0.2, 0.25) is 0 Å². The van der Waals surface area contributed by atoms with Gasteiger partial charge >= 0.3 is 0 Å². The fourth-order valence-corrected chi connectivity index (χ4v) is 2.32. The van der Waals surface area contributed by atoms with Crippen LogP contribution in [-0.2, 0) is 0 Å². The highest BCUT2D eigenvalue weighted by Gasteiger charge is 2.13. The summed E-state index contributed by atoms with van der Waals surface area (Å²) in [4.78, 5) is 22.5. The maximum Gasteiger partial charge on any atom is 0.293 e. The van der Waals surface area contributed by atoms with Crippen LogP contribution in [0.2, 0.25) is 5.02 Å². The number of carbonyl (C=O) groups excluding carboxylic acids is 1. The van der Waals surface area contributed by atoms with Gasteiger partial charge in [0.1, 0.15) is 11.4 Å². The fourth-order valence-electron chi connectivity index (χ4n) is 2.15. The van der Waals surface area contributed by atoms with Crippen LogP contribution in [0, 0.1) is 10.1 Å². The first-order valence-corrected chi connectivity index (χ1v) is 8.08. The highest BCUT2D eigenvalue weighted by atomic mass is 35.5. The van der Waals surface area contributed by atoms with Gasteiger partial charge in [-0.1, -0.05) is 11.6 Å². The van der Waals surface area contributed by atoms with Crippen LogP contribution in [-0.4, -0.2) is 30.5 Å². The molecule has 0 bridgehead atoms. The van der Waals surface area contributed by atoms with Crippen molar-refractivity contribution in [3.63, 3.8) is 0 Å². The molecule has 0 unspecified atom stereocenters. The van der Waals surface area contributed by atoms with Crippen molar-refractivity contribution in [2.24, 2.45) is 0 Å². The molecule has 0 aromatic heterocycles. The molecule has 2 aromatic rings. The predicted molar refractivity (Wildman–Crippen MR) is 96.5 cm³/mol. The molecule has 2 N–H and O–H groups in total. The Kier molecular flexibility index (Phi) is 6.59. The minimum absolute atomic E-state index is 0.106. The first-order valence-electron chi connectivity index (χ1n) is 7.70. The van der Waals surface area contributed by atoms with Crippen LogP contribution in [0.25, 0.3) is 0 Å². The number of nitrogens with one attached hydrogen (secondary N) is 2. The smallest absolute Gasteiger partial charge is 0.293 e. The van der Waals surface area contributed by atoms with Crippen LogP contribution in [0.4, 0.5) is 11.4 Å². The molecule has 0 radical (unpaired) electrons. The lowest BCUT2D eigenvalue weighted by molar-refractivity contribution is -0.383. The molecule has 0 spiro atoms. The van der Waals surface area contributed by atoms with E-state index in [0.29, 0.717) is 41.7 Å². The first kappa shape index (κ1) is 18.5. The monoisotopic (exact) mass is 363 g/mol. The highest BCUT2D eigenvalue weighted by molar-refractivity contribution is 6.30. The van der Waals surface area contributed by atoms with Crippen LogP contribution in [0.1, 0.15) is 17.3 Å². The Morgan fingerprint density at radius 1 is 1.20 bits per heavy atom. The van der Waals surface area contributed by atoms with E-state index in [1.165, 1.54) is 12.1 Å². The minimum atomic E-state index is -0.507. The Morgan fingerprint density at radius 2 is 1.92 bits per heavy atom. The molecule has 2 aromatic carbocycles. The second-order valence-corrected chi connectivity index (χ2v) is 5.50. The van der Waals surface area contributed by atoms with E-state index in [4.69, 9.17) is 16.3 Å². The van der Waals surface area contributed by atoms with E-state index >= 15 is 0 Å². The molecule has 0 aliphatic carbocycles. The molecule has 1 amide bonds. The zero-order valence-electron chi connectivity index (χ0n) is 13.6. The summed E-state index contributed by atoms with van der Waals surface area (Å²) in [6, 6.07) is 11.2. The van der Waals surface area contributed by atoms with Crippen molar-refractivity contribution < 1.29 is 14.5 Å². The van der Waals surface area contributed by atoms with E-state index in [9.17, 15) is 14.9 Å². The summed E-state index contributed by atoms with van der Waals surface area (Å²) in [5.74, 6) is 0.478. The van der Waals surface area contributed by atoms with Crippen molar-refractivity contribution in [1.82, 2.24) is 5.32 Å². The van der Waals surface area contributed by atoms with E-state index in [0.717, 1.165) is 0 Å². The summed E-state index contributed by atoms with van der Waals surface area (Å²) in [6.45, 7) is 3.10. The number of nitrogens with zero attached hydrogens (tertiary/aromatic N) is 1. The summed E-state index contributed by atoms with van der Waals surface area (Å²) in [5.41, 5.74) is 0.760. The zero-order valence-corrected chi connectivity index (χ0v) is 14.4. The first-order chi connectivity index (χ1) is 12.0. The molecule has 2 rings (SSSR count). The van der Waals surface area contributed by atoms with Gasteiger partial charge in [0.15, 0.2) is 0 Å². The van der Waals surface area contributed by atoms with Gasteiger partial charge in [0.05, 0.1) is 11.5 Å². The Hall–Kier alpha value is -2.80. The summed E-state index contributed by atoms with van der Waals surface area (Å²) in [7, 11) is 0. The van der Waals surface area contributed by atoms with Crippen LogP contribution in [0.5, 0.6) is 5.75 Å². The number of benzene rings is 2. The molecule has 132 valence electrons. The maximum absolute atomic E-state index is 12.0. The van der Waals surface area contributed by atoms with Gasteiger partial charge in [-0.05, 0) is 43.3 Å². The van der Waals surface area contributed by atoms with Gasteiger partial charge in [-0.15, -0.1) is 0 Å². The molecule has 0 saturated carbocycles.